The number of likely N-dealkylation sites (tertiary alicyclic amines) is 1. The van der Waals surface area contributed by atoms with Crippen LogP contribution >= 0.6 is 0 Å². The second kappa shape index (κ2) is 9.43. The van der Waals surface area contributed by atoms with Crippen LogP contribution in [-0.2, 0) is 5.41 Å². The number of hydrogen-bond acceptors (Lipinski definition) is 4. The number of hydrogen-bond donors (Lipinski definition) is 2. The molecule has 31 heavy (non-hydrogen) atoms. The molecule has 1 aliphatic rings. The zero-order valence-electron chi connectivity index (χ0n) is 17.1. The number of halogens is 2. The van der Waals surface area contributed by atoms with E-state index in [0.717, 1.165) is 12.1 Å². The molecule has 1 amide bonds. The van der Waals surface area contributed by atoms with Crippen LogP contribution in [0.15, 0.2) is 47.5 Å². The lowest BCUT2D eigenvalue weighted by Gasteiger charge is -2.42. The van der Waals surface area contributed by atoms with E-state index in [1.165, 1.54) is 13.2 Å². The number of carbonyl (C=O) groups excluding carboxylic acids is 1. The number of para-hydroxylation sites is 1. The molecule has 1 fully saturated rings. The first-order chi connectivity index (χ1) is 14.9. The number of nitrogens with zero attached hydrogens (tertiary/aromatic N) is 3. The lowest BCUT2D eigenvalue weighted by molar-refractivity contribution is 0.0928. The smallest absolute Gasteiger partial charge is 0.255 e. The number of carbonyl (C=O) groups is 1. The van der Waals surface area contributed by atoms with Crippen LogP contribution in [0.4, 0.5) is 8.78 Å². The van der Waals surface area contributed by atoms with Gasteiger partial charge >= 0.3 is 0 Å². The summed E-state index contributed by atoms with van der Waals surface area (Å²) in [5, 5.41) is 11.6. The highest BCUT2D eigenvalue weighted by Gasteiger charge is 2.39. The van der Waals surface area contributed by atoms with E-state index in [1.54, 1.807) is 35.4 Å². The third-order valence-electron chi connectivity index (χ3n) is 5.65. The lowest BCUT2D eigenvalue weighted by Crippen LogP contribution is -2.52. The first-order valence-electron chi connectivity index (χ1n) is 9.74. The van der Waals surface area contributed by atoms with Gasteiger partial charge in [0.05, 0.1) is 12.7 Å². The molecule has 0 unspecified atom stereocenters. The Morgan fingerprint density at radius 1 is 1.29 bits per heavy atom. The molecule has 2 aromatic rings. The second-order valence-electron chi connectivity index (χ2n) is 7.34. The predicted octanol–water partition coefficient (Wildman–Crippen LogP) is 2.53. The van der Waals surface area contributed by atoms with E-state index in [2.05, 4.69) is 10.3 Å². The maximum absolute atomic E-state index is 14.7. The predicted molar refractivity (Wildman–Crippen MR) is 111 cm³/mol. The van der Waals surface area contributed by atoms with Crippen molar-refractivity contribution in [2.45, 2.75) is 18.3 Å². The fraction of sp³-hybridized carbons (Fsp3) is 0.318. The summed E-state index contributed by atoms with van der Waals surface area (Å²) in [6.07, 6.45) is 2.40. The molecular formula is C22H23F2N5O2. The summed E-state index contributed by atoms with van der Waals surface area (Å²) >= 11 is 0. The number of benzene rings is 2. The summed E-state index contributed by atoms with van der Waals surface area (Å²) in [5.41, 5.74) is 5.50. The molecule has 0 bridgehead atoms. The van der Waals surface area contributed by atoms with Gasteiger partial charge < -0.3 is 20.7 Å². The molecule has 0 aromatic heterocycles. The zero-order valence-corrected chi connectivity index (χ0v) is 17.1. The SMILES string of the molecule is COc1ccccc1C(=O)NCC1(c2cc(F)ccc2F)CCN(/C(N)=N\C#N)CC1. The Hall–Kier alpha value is -3.67. The number of nitriles is 1. The first-order valence-corrected chi connectivity index (χ1v) is 9.74. The Balaban J connectivity index is 1.87. The maximum atomic E-state index is 14.7. The van der Waals surface area contributed by atoms with Gasteiger partial charge in [-0.15, -0.1) is 4.99 Å². The summed E-state index contributed by atoms with van der Waals surface area (Å²) in [6.45, 7) is 0.836. The highest BCUT2D eigenvalue weighted by atomic mass is 19.1. The van der Waals surface area contributed by atoms with Gasteiger partial charge in [-0.2, -0.15) is 5.26 Å². The van der Waals surface area contributed by atoms with Gasteiger partial charge in [0, 0.05) is 25.0 Å². The summed E-state index contributed by atoms with van der Waals surface area (Å²) < 4.78 is 34.0. The van der Waals surface area contributed by atoms with Crippen LogP contribution in [0.2, 0.25) is 0 Å². The van der Waals surface area contributed by atoms with Crippen LogP contribution in [0.3, 0.4) is 0 Å². The third-order valence-corrected chi connectivity index (χ3v) is 5.65. The number of nitrogens with two attached hydrogens (primary N) is 1. The van der Waals surface area contributed by atoms with E-state index in [1.807, 2.05) is 0 Å². The van der Waals surface area contributed by atoms with E-state index in [0.29, 0.717) is 37.2 Å². The number of piperidine rings is 1. The lowest BCUT2D eigenvalue weighted by atomic mass is 9.72. The van der Waals surface area contributed by atoms with Gasteiger partial charge in [-0.1, -0.05) is 12.1 Å². The molecule has 0 aliphatic carbocycles. The molecule has 3 N–H and O–H groups in total. The van der Waals surface area contributed by atoms with Crippen molar-refractivity contribution >= 4 is 11.9 Å². The molecule has 0 spiro atoms. The monoisotopic (exact) mass is 427 g/mol. The molecule has 9 heteroatoms. The average Bonchev–Trinajstić information content (AvgIpc) is 2.79. The van der Waals surface area contributed by atoms with Gasteiger partial charge in [0.15, 0.2) is 0 Å². The molecule has 1 aliphatic heterocycles. The normalized spacial score (nSPS) is 15.8. The Kier molecular flexibility index (Phi) is 6.70. The average molecular weight is 427 g/mol. The maximum Gasteiger partial charge on any atom is 0.255 e. The minimum Gasteiger partial charge on any atom is -0.496 e. The van der Waals surface area contributed by atoms with Gasteiger partial charge in [0.25, 0.3) is 5.91 Å². The van der Waals surface area contributed by atoms with Crippen molar-refractivity contribution in [1.29, 1.82) is 5.26 Å². The summed E-state index contributed by atoms with van der Waals surface area (Å²) in [7, 11) is 1.47. The van der Waals surface area contributed by atoms with Crippen molar-refractivity contribution in [3.05, 3.63) is 65.2 Å². The van der Waals surface area contributed by atoms with Crippen molar-refractivity contribution in [2.75, 3.05) is 26.7 Å². The van der Waals surface area contributed by atoms with Crippen LogP contribution in [0.1, 0.15) is 28.8 Å². The van der Waals surface area contributed by atoms with Gasteiger partial charge in [-0.25, -0.2) is 8.78 Å². The Bertz CT molecular complexity index is 1030. The van der Waals surface area contributed by atoms with Crippen LogP contribution in [0, 0.1) is 23.1 Å². The Morgan fingerprint density at radius 2 is 2.00 bits per heavy atom. The quantitative estimate of drug-likeness (QED) is 0.434. The molecular weight excluding hydrogens is 404 g/mol. The number of amides is 1. The van der Waals surface area contributed by atoms with Crippen LogP contribution < -0.4 is 15.8 Å². The topological polar surface area (TPSA) is 104 Å². The summed E-state index contributed by atoms with van der Waals surface area (Å²) in [5.74, 6) is -0.975. The van der Waals surface area contributed by atoms with E-state index < -0.39 is 17.0 Å². The van der Waals surface area contributed by atoms with Crippen molar-refractivity contribution in [3.8, 4) is 11.9 Å². The fourth-order valence-electron chi connectivity index (χ4n) is 3.91. The molecule has 2 aromatic carbocycles. The van der Waals surface area contributed by atoms with Gasteiger partial charge in [-0.05, 0) is 48.7 Å². The molecule has 0 saturated carbocycles. The minimum atomic E-state index is -0.854. The van der Waals surface area contributed by atoms with Crippen molar-refractivity contribution in [1.82, 2.24) is 10.2 Å². The number of aliphatic imine (C=N–C) groups is 1. The van der Waals surface area contributed by atoms with E-state index in [9.17, 15) is 13.6 Å². The van der Waals surface area contributed by atoms with E-state index in [4.69, 9.17) is 15.7 Å². The molecule has 0 atom stereocenters. The first kappa shape index (κ1) is 22.0. The molecule has 1 heterocycles. The standard InChI is InChI=1S/C22H23F2N5O2/c1-31-19-5-3-2-4-16(19)20(30)27-13-22(17-12-15(23)6-7-18(17)24)8-10-29(11-9-22)21(26)28-14-25/h2-7,12H,8-11,13H2,1H3,(H2,26,28)(H,27,30). The van der Waals surface area contributed by atoms with Crippen LogP contribution in [0.25, 0.3) is 0 Å². The largest absolute Gasteiger partial charge is 0.496 e. The summed E-state index contributed by atoms with van der Waals surface area (Å²) in [4.78, 5) is 18.1. The van der Waals surface area contributed by atoms with E-state index in [-0.39, 0.29) is 24.0 Å². The molecule has 162 valence electrons. The van der Waals surface area contributed by atoms with Crippen LogP contribution in [0.5, 0.6) is 5.75 Å². The minimum absolute atomic E-state index is 0.0777. The van der Waals surface area contributed by atoms with Gasteiger partial charge in [0.2, 0.25) is 12.2 Å². The van der Waals surface area contributed by atoms with Crippen molar-refractivity contribution in [2.24, 2.45) is 10.7 Å². The van der Waals surface area contributed by atoms with E-state index >= 15 is 0 Å². The molecule has 1 saturated heterocycles. The van der Waals surface area contributed by atoms with Crippen molar-refractivity contribution < 1.29 is 18.3 Å². The fourth-order valence-corrected chi connectivity index (χ4v) is 3.91. The van der Waals surface area contributed by atoms with Crippen LogP contribution in [-0.4, -0.2) is 43.5 Å². The highest BCUT2D eigenvalue weighted by Crippen LogP contribution is 2.37. The number of rotatable bonds is 5. The molecule has 7 nitrogen and oxygen atoms in total. The summed E-state index contributed by atoms with van der Waals surface area (Å²) in [6, 6.07) is 10.1. The molecule has 3 rings (SSSR count). The van der Waals surface area contributed by atoms with Gasteiger partial charge in [0.1, 0.15) is 17.4 Å². The Morgan fingerprint density at radius 3 is 2.68 bits per heavy atom. The zero-order chi connectivity index (χ0) is 22.4. The highest BCUT2D eigenvalue weighted by molar-refractivity contribution is 5.97. The third kappa shape index (κ3) is 4.74. The Labute approximate surface area is 179 Å². The number of nitrogens with one attached hydrogen (secondary N) is 1. The second-order valence-corrected chi connectivity index (χ2v) is 7.34. The van der Waals surface area contributed by atoms with Gasteiger partial charge in [-0.3, -0.25) is 4.79 Å². The van der Waals surface area contributed by atoms with Crippen molar-refractivity contribution in [3.63, 3.8) is 0 Å². The number of ether oxygens (including phenoxy) is 1. The number of methoxy groups -OCH3 is 1. The number of guanidine groups is 1. The molecule has 0 radical (unpaired) electrons.